The number of halogens is 2. The van der Waals surface area contributed by atoms with E-state index in [1.54, 1.807) is 0 Å². The molecule has 24 heavy (non-hydrogen) atoms. The lowest BCUT2D eigenvalue weighted by atomic mass is 9.75. The van der Waals surface area contributed by atoms with E-state index in [2.05, 4.69) is 10.2 Å². The van der Waals surface area contributed by atoms with Crippen LogP contribution in [0.1, 0.15) is 64.2 Å². The van der Waals surface area contributed by atoms with Crippen LogP contribution in [0.5, 0.6) is 0 Å². The number of alkyl halides is 2. The molecule has 2 N–H and O–H groups in total. The molecule has 0 aromatic heterocycles. The average molecular weight is 344 g/mol. The fraction of sp³-hybridized carbons (Fsp3) is 0.944. The molecule has 2 saturated carbocycles. The summed E-state index contributed by atoms with van der Waals surface area (Å²) in [5.74, 6) is -4.19. The molecule has 1 heterocycles. The number of piperidine rings is 1. The number of hydrogen-bond donors (Lipinski definition) is 2. The lowest BCUT2D eigenvalue weighted by Crippen LogP contribution is -2.62. The minimum Gasteiger partial charge on any atom is -0.383 e. The standard InChI is InChI=1S/C18H30F2N2O2/c19-18(20,17(24)9-4-10-17)16(23)21-15-7-11-22(12-8-15)13-14-5-2-1-3-6-14/h14-15,24H,1-13H2,(H,21,23). The number of carbonyl (C=O) groups is 1. The van der Waals surface area contributed by atoms with Gasteiger partial charge in [-0.3, -0.25) is 4.79 Å². The van der Waals surface area contributed by atoms with Gasteiger partial charge < -0.3 is 15.3 Å². The summed E-state index contributed by atoms with van der Waals surface area (Å²) in [5.41, 5.74) is -2.13. The van der Waals surface area contributed by atoms with Crippen molar-refractivity contribution in [2.24, 2.45) is 5.92 Å². The molecule has 0 aromatic carbocycles. The third kappa shape index (κ3) is 3.74. The number of aliphatic hydroxyl groups is 1. The molecule has 4 nitrogen and oxygen atoms in total. The van der Waals surface area contributed by atoms with Gasteiger partial charge in [0.05, 0.1) is 0 Å². The Morgan fingerprint density at radius 3 is 2.25 bits per heavy atom. The molecule has 0 aromatic rings. The first-order chi connectivity index (χ1) is 11.4. The van der Waals surface area contributed by atoms with Crippen LogP contribution in [0.2, 0.25) is 0 Å². The molecule has 0 bridgehead atoms. The second-order valence-electron chi connectivity index (χ2n) is 8.01. The van der Waals surface area contributed by atoms with Crippen LogP contribution in [0.3, 0.4) is 0 Å². The van der Waals surface area contributed by atoms with Crippen LogP contribution in [0.25, 0.3) is 0 Å². The van der Waals surface area contributed by atoms with Crippen molar-refractivity contribution in [1.82, 2.24) is 10.2 Å². The smallest absolute Gasteiger partial charge is 0.352 e. The fourth-order valence-corrected chi connectivity index (χ4v) is 4.31. The molecular formula is C18H30F2N2O2. The average Bonchev–Trinajstić information content (AvgIpc) is 2.55. The maximum Gasteiger partial charge on any atom is 0.352 e. The van der Waals surface area contributed by atoms with Crippen molar-refractivity contribution in [1.29, 1.82) is 0 Å². The number of amides is 1. The Labute approximate surface area is 143 Å². The van der Waals surface area contributed by atoms with Crippen LogP contribution in [0.4, 0.5) is 8.78 Å². The van der Waals surface area contributed by atoms with E-state index in [-0.39, 0.29) is 18.9 Å². The molecule has 1 aliphatic heterocycles. The van der Waals surface area contributed by atoms with E-state index in [0.29, 0.717) is 19.3 Å². The van der Waals surface area contributed by atoms with Gasteiger partial charge in [-0.1, -0.05) is 19.3 Å². The van der Waals surface area contributed by atoms with Crippen LogP contribution in [0, 0.1) is 5.92 Å². The van der Waals surface area contributed by atoms with Gasteiger partial charge in [-0.05, 0) is 50.9 Å². The van der Waals surface area contributed by atoms with Gasteiger partial charge in [-0.2, -0.15) is 8.78 Å². The van der Waals surface area contributed by atoms with E-state index >= 15 is 0 Å². The van der Waals surface area contributed by atoms with Crippen LogP contribution in [-0.2, 0) is 4.79 Å². The van der Waals surface area contributed by atoms with E-state index in [1.807, 2.05) is 0 Å². The fourth-order valence-electron chi connectivity index (χ4n) is 4.31. The van der Waals surface area contributed by atoms with E-state index < -0.39 is 17.4 Å². The maximum absolute atomic E-state index is 14.1. The van der Waals surface area contributed by atoms with Gasteiger partial charge in [0.1, 0.15) is 5.60 Å². The molecule has 1 amide bonds. The highest BCUT2D eigenvalue weighted by Gasteiger charge is 2.61. The summed E-state index contributed by atoms with van der Waals surface area (Å²) in [6.45, 7) is 2.82. The summed E-state index contributed by atoms with van der Waals surface area (Å²) in [4.78, 5) is 14.3. The van der Waals surface area contributed by atoms with Crippen molar-refractivity contribution in [3.05, 3.63) is 0 Å². The zero-order valence-electron chi connectivity index (χ0n) is 14.4. The number of carbonyl (C=O) groups excluding carboxylic acids is 1. The molecule has 3 fully saturated rings. The second-order valence-corrected chi connectivity index (χ2v) is 8.01. The number of nitrogens with zero attached hydrogens (tertiary/aromatic N) is 1. The zero-order valence-corrected chi connectivity index (χ0v) is 14.4. The molecule has 0 radical (unpaired) electrons. The molecule has 0 spiro atoms. The predicted molar refractivity (Wildman–Crippen MR) is 87.9 cm³/mol. The molecular weight excluding hydrogens is 314 g/mol. The summed E-state index contributed by atoms with van der Waals surface area (Å²) in [5, 5.41) is 12.3. The Bertz CT molecular complexity index is 440. The van der Waals surface area contributed by atoms with Gasteiger partial charge in [-0.25, -0.2) is 0 Å². The largest absolute Gasteiger partial charge is 0.383 e. The monoisotopic (exact) mass is 344 g/mol. The van der Waals surface area contributed by atoms with E-state index in [0.717, 1.165) is 25.6 Å². The number of hydrogen-bond acceptors (Lipinski definition) is 3. The lowest BCUT2D eigenvalue weighted by Gasteiger charge is -2.42. The molecule has 2 aliphatic carbocycles. The van der Waals surface area contributed by atoms with Crippen molar-refractivity contribution in [2.75, 3.05) is 19.6 Å². The Morgan fingerprint density at radius 2 is 1.71 bits per heavy atom. The van der Waals surface area contributed by atoms with Gasteiger partial charge in [0.2, 0.25) is 0 Å². The second kappa shape index (κ2) is 7.24. The van der Waals surface area contributed by atoms with Gasteiger partial charge in [-0.15, -0.1) is 0 Å². The van der Waals surface area contributed by atoms with E-state index in [1.165, 1.54) is 32.1 Å². The van der Waals surface area contributed by atoms with Crippen LogP contribution in [-0.4, -0.2) is 53.1 Å². The maximum atomic E-state index is 14.1. The van der Waals surface area contributed by atoms with Gasteiger partial charge in [0.25, 0.3) is 5.91 Å². The van der Waals surface area contributed by atoms with Crippen LogP contribution in [0.15, 0.2) is 0 Å². The summed E-state index contributed by atoms with van der Waals surface area (Å²) in [6, 6.07) is -0.199. The lowest BCUT2D eigenvalue weighted by molar-refractivity contribution is -0.216. The molecule has 138 valence electrons. The van der Waals surface area contributed by atoms with E-state index in [4.69, 9.17) is 0 Å². The minimum absolute atomic E-state index is 0.00720. The van der Waals surface area contributed by atoms with Gasteiger partial charge in [0.15, 0.2) is 0 Å². The summed E-state index contributed by atoms with van der Waals surface area (Å²) >= 11 is 0. The Balaban J connectivity index is 1.42. The third-order valence-corrected chi connectivity index (χ3v) is 6.21. The molecule has 3 rings (SSSR count). The van der Waals surface area contributed by atoms with Gasteiger partial charge in [0, 0.05) is 25.7 Å². The normalized spacial score (nSPS) is 26.8. The topological polar surface area (TPSA) is 52.6 Å². The SMILES string of the molecule is O=C(NC1CCN(CC2CCCCC2)CC1)C(F)(F)C1(O)CCC1. The molecule has 6 heteroatoms. The zero-order chi connectivity index (χ0) is 17.2. The van der Waals surface area contributed by atoms with Gasteiger partial charge >= 0.3 is 5.92 Å². The van der Waals surface area contributed by atoms with E-state index in [9.17, 15) is 18.7 Å². The molecule has 0 atom stereocenters. The highest BCUT2D eigenvalue weighted by atomic mass is 19.3. The Morgan fingerprint density at radius 1 is 1.08 bits per heavy atom. The van der Waals surface area contributed by atoms with Crippen molar-refractivity contribution >= 4 is 5.91 Å². The highest BCUT2D eigenvalue weighted by molar-refractivity contribution is 5.85. The summed E-state index contributed by atoms with van der Waals surface area (Å²) < 4.78 is 28.2. The van der Waals surface area contributed by atoms with Crippen molar-refractivity contribution < 1.29 is 18.7 Å². The van der Waals surface area contributed by atoms with Crippen molar-refractivity contribution in [3.8, 4) is 0 Å². The highest BCUT2D eigenvalue weighted by Crippen LogP contribution is 2.44. The van der Waals surface area contributed by atoms with Crippen molar-refractivity contribution in [2.45, 2.75) is 81.8 Å². The first-order valence-corrected chi connectivity index (χ1v) is 9.54. The number of likely N-dealkylation sites (tertiary alicyclic amines) is 1. The number of rotatable bonds is 5. The summed E-state index contributed by atoms with van der Waals surface area (Å²) in [6.07, 6.45) is 8.62. The Kier molecular flexibility index (Phi) is 5.45. The minimum atomic E-state index is -3.68. The Hall–Kier alpha value is -0.750. The molecule has 0 unspecified atom stereocenters. The van der Waals surface area contributed by atoms with Crippen LogP contribution < -0.4 is 5.32 Å². The summed E-state index contributed by atoms with van der Waals surface area (Å²) in [7, 11) is 0. The molecule has 1 saturated heterocycles. The van der Waals surface area contributed by atoms with Crippen LogP contribution >= 0.6 is 0 Å². The number of nitrogens with one attached hydrogen (secondary N) is 1. The predicted octanol–water partition coefficient (Wildman–Crippen LogP) is 2.70. The third-order valence-electron chi connectivity index (χ3n) is 6.21. The first kappa shape index (κ1) is 18.1. The first-order valence-electron chi connectivity index (χ1n) is 9.54. The quantitative estimate of drug-likeness (QED) is 0.806. The van der Waals surface area contributed by atoms with Crippen molar-refractivity contribution in [3.63, 3.8) is 0 Å². The molecule has 3 aliphatic rings.